The highest BCUT2D eigenvalue weighted by atomic mass is 16.8. The van der Waals surface area contributed by atoms with E-state index in [1.165, 1.54) is 0 Å². The zero-order chi connectivity index (χ0) is 8.06. The molecule has 1 aliphatic carbocycles. The van der Waals surface area contributed by atoms with E-state index in [-0.39, 0.29) is 18.2 Å². The first-order valence-corrected chi connectivity index (χ1v) is 4.20. The Kier molecular flexibility index (Phi) is 1.50. The zero-order valence-electron chi connectivity index (χ0n) is 7.04. The minimum Gasteiger partial charge on any atom is -0.345 e. The van der Waals surface area contributed by atoms with E-state index in [2.05, 4.69) is 0 Å². The summed E-state index contributed by atoms with van der Waals surface area (Å²) in [7, 11) is 0. The molecule has 1 heterocycles. The van der Waals surface area contributed by atoms with E-state index >= 15 is 0 Å². The molecule has 3 atom stereocenters. The van der Waals surface area contributed by atoms with Crippen LogP contribution in [0.25, 0.3) is 0 Å². The van der Waals surface area contributed by atoms with E-state index in [9.17, 15) is 0 Å². The number of fused-ring (bicyclic) bond motifs is 1. The first-order valence-electron chi connectivity index (χ1n) is 4.20. The van der Waals surface area contributed by atoms with Gasteiger partial charge in [-0.25, -0.2) is 0 Å². The lowest BCUT2D eigenvalue weighted by atomic mass is 10.2. The molecule has 0 aromatic heterocycles. The molecule has 0 aromatic carbocycles. The average molecular weight is 157 g/mol. The third kappa shape index (κ3) is 1.17. The molecule has 3 nitrogen and oxygen atoms in total. The molecule has 11 heavy (non-hydrogen) atoms. The molecule has 2 aliphatic rings. The summed E-state index contributed by atoms with van der Waals surface area (Å²) >= 11 is 0. The fraction of sp³-hybridized carbons (Fsp3) is 1.00. The van der Waals surface area contributed by atoms with Crippen LogP contribution in [0.15, 0.2) is 0 Å². The van der Waals surface area contributed by atoms with Crippen LogP contribution in [0.4, 0.5) is 0 Å². The number of ether oxygens (including phenoxy) is 2. The van der Waals surface area contributed by atoms with Crippen molar-refractivity contribution in [1.82, 2.24) is 0 Å². The van der Waals surface area contributed by atoms with E-state index in [4.69, 9.17) is 15.2 Å². The molecule has 0 bridgehead atoms. The Hall–Kier alpha value is -0.120. The lowest BCUT2D eigenvalue weighted by molar-refractivity contribution is -0.152. The Bertz CT molecular complexity index is 169. The Morgan fingerprint density at radius 3 is 2.64 bits per heavy atom. The maximum absolute atomic E-state index is 5.84. The van der Waals surface area contributed by atoms with Gasteiger partial charge < -0.3 is 15.2 Å². The Balaban J connectivity index is 2.10. The van der Waals surface area contributed by atoms with Gasteiger partial charge in [0.2, 0.25) is 0 Å². The molecule has 64 valence electrons. The summed E-state index contributed by atoms with van der Waals surface area (Å²) < 4.78 is 11.3. The number of nitrogens with two attached hydrogens (primary N) is 1. The van der Waals surface area contributed by atoms with Crippen molar-refractivity contribution in [2.45, 2.75) is 50.7 Å². The highest BCUT2D eigenvalue weighted by Crippen LogP contribution is 2.37. The van der Waals surface area contributed by atoms with Gasteiger partial charge in [-0.3, -0.25) is 0 Å². The predicted molar refractivity (Wildman–Crippen MR) is 41.0 cm³/mol. The maximum atomic E-state index is 5.84. The number of hydrogen-bond donors (Lipinski definition) is 1. The molecule has 0 aromatic rings. The molecule has 2 fully saturated rings. The van der Waals surface area contributed by atoms with Gasteiger partial charge in [0, 0.05) is 6.04 Å². The first kappa shape index (κ1) is 7.53. The summed E-state index contributed by atoms with van der Waals surface area (Å²) in [5, 5.41) is 0. The van der Waals surface area contributed by atoms with Crippen LogP contribution >= 0.6 is 0 Å². The lowest BCUT2D eigenvalue weighted by Crippen LogP contribution is -2.34. The van der Waals surface area contributed by atoms with Crippen LogP contribution in [0.2, 0.25) is 0 Å². The molecule has 0 radical (unpaired) electrons. The summed E-state index contributed by atoms with van der Waals surface area (Å²) in [6.07, 6.45) is 2.48. The third-order valence-corrected chi connectivity index (χ3v) is 2.43. The molecule has 1 saturated carbocycles. The predicted octanol–water partition coefficient (Wildman–Crippen LogP) is 0.628. The van der Waals surface area contributed by atoms with Crippen LogP contribution < -0.4 is 5.73 Å². The quantitative estimate of drug-likeness (QED) is 0.561. The van der Waals surface area contributed by atoms with E-state index < -0.39 is 5.79 Å². The van der Waals surface area contributed by atoms with Gasteiger partial charge >= 0.3 is 0 Å². The fourth-order valence-corrected chi connectivity index (χ4v) is 1.97. The molecule has 0 amide bonds. The third-order valence-electron chi connectivity index (χ3n) is 2.43. The van der Waals surface area contributed by atoms with Crippen molar-refractivity contribution in [3.05, 3.63) is 0 Å². The van der Waals surface area contributed by atoms with Gasteiger partial charge in [-0.15, -0.1) is 0 Å². The lowest BCUT2D eigenvalue weighted by Gasteiger charge is -2.19. The largest absolute Gasteiger partial charge is 0.345 e. The van der Waals surface area contributed by atoms with E-state index in [1.807, 2.05) is 13.8 Å². The summed E-state index contributed by atoms with van der Waals surface area (Å²) in [6.45, 7) is 3.88. The van der Waals surface area contributed by atoms with E-state index in [1.54, 1.807) is 0 Å². The van der Waals surface area contributed by atoms with Crippen LogP contribution in [0.5, 0.6) is 0 Å². The Morgan fingerprint density at radius 2 is 2.00 bits per heavy atom. The summed E-state index contributed by atoms with van der Waals surface area (Å²) in [6, 6.07) is 0.182. The van der Waals surface area contributed by atoms with Crippen molar-refractivity contribution in [3.63, 3.8) is 0 Å². The van der Waals surface area contributed by atoms with Crippen molar-refractivity contribution in [2.24, 2.45) is 5.73 Å². The summed E-state index contributed by atoms with van der Waals surface area (Å²) in [5.74, 6) is -0.409. The Morgan fingerprint density at radius 1 is 1.27 bits per heavy atom. The van der Waals surface area contributed by atoms with Crippen molar-refractivity contribution < 1.29 is 9.47 Å². The van der Waals surface area contributed by atoms with Crippen LogP contribution in [0, 0.1) is 0 Å². The second-order valence-corrected chi connectivity index (χ2v) is 3.88. The number of hydrogen-bond acceptors (Lipinski definition) is 3. The molecule has 2 rings (SSSR count). The molecular weight excluding hydrogens is 142 g/mol. The Labute approximate surface area is 66.8 Å². The van der Waals surface area contributed by atoms with Gasteiger partial charge in [-0.1, -0.05) is 0 Å². The average Bonchev–Trinajstić information content (AvgIpc) is 2.31. The van der Waals surface area contributed by atoms with E-state index in [0.29, 0.717) is 0 Å². The minimum absolute atomic E-state index is 0.144. The monoisotopic (exact) mass is 157 g/mol. The normalized spacial score (nSPS) is 47.7. The highest BCUT2D eigenvalue weighted by molar-refractivity contribution is 4.94. The molecular formula is C8H15NO2. The zero-order valence-corrected chi connectivity index (χ0v) is 7.04. The molecule has 1 unspecified atom stereocenters. The highest BCUT2D eigenvalue weighted by Gasteiger charge is 2.47. The first-order chi connectivity index (χ1) is 5.08. The van der Waals surface area contributed by atoms with Crippen molar-refractivity contribution >= 4 is 0 Å². The molecule has 1 aliphatic heterocycles. The van der Waals surface area contributed by atoms with Crippen LogP contribution in [0.1, 0.15) is 26.7 Å². The topological polar surface area (TPSA) is 44.5 Å². The molecule has 0 spiro atoms. The minimum atomic E-state index is -0.409. The van der Waals surface area contributed by atoms with Crippen LogP contribution in [-0.2, 0) is 9.47 Å². The molecule has 2 N–H and O–H groups in total. The van der Waals surface area contributed by atoms with Gasteiger partial charge in [0.25, 0.3) is 0 Å². The maximum Gasteiger partial charge on any atom is 0.163 e. The van der Waals surface area contributed by atoms with Crippen LogP contribution in [0.3, 0.4) is 0 Å². The SMILES string of the molecule is CC1(C)O[C@@H]2CCC(N)[C@@H]2O1. The van der Waals surface area contributed by atoms with Gasteiger partial charge in [0.1, 0.15) is 6.10 Å². The van der Waals surface area contributed by atoms with Gasteiger partial charge in [0.05, 0.1) is 6.10 Å². The van der Waals surface area contributed by atoms with Gasteiger partial charge in [0.15, 0.2) is 5.79 Å². The van der Waals surface area contributed by atoms with Gasteiger partial charge in [-0.2, -0.15) is 0 Å². The summed E-state index contributed by atoms with van der Waals surface area (Å²) in [5.41, 5.74) is 5.84. The smallest absolute Gasteiger partial charge is 0.163 e. The fourth-order valence-electron chi connectivity index (χ4n) is 1.97. The standard InChI is InChI=1S/C8H15NO2/c1-8(2)10-6-4-3-5(9)7(6)11-8/h5-7H,3-4,9H2,1-2H3/t5?,6-,7+/m1/s1. The summed E-state index contributed by atoms with van der Waals surface area (Å²) in [4.78, 5) is 0. The second kappa shape index (κ2) is 2.19. The van der Waals surface area contributed by atoms with Gasteiger partial charge in [-0.05, 0) is 26.7 Å². The van der Waals surface area contributed by atoms with Crippen molar-refractivity contribution in [3.8, 4) is 0 Å². The second-order valence-electron chi connectivity index (χ2n) is 3.88. The van der Waals surface area contributed by atoms with Crippen LogP contribution in [-0.4, -0.2) is 24.0 Å². The molecule has 3 heteroatoms. The molecule has 1 saturated heterocycles. The number of rotatable bonds is 0. The van der Waals surface area contributed by atoms with E-state index in [0.717, 1.165) is 12.8 Å². The van der Waals surface area contributed by atoms with Crippen molar-refractivity contribution in [1.29, 1.82) is 0 Å². The van der Waals surface area contributed by atoms with Crippen molar-refractivity contribution in [2.75, 3.05) is 0 Å².